The molecule has 2 aliphatic rings. The molecule has 5 nitrogen and oxygen atoms in total. The predicted octanol–water partition coefficient (Wildman–Crippen LogP) is 5.16. The van der Waals surface area contributed by atoms with E-state index in [-0.39, 0.29) is 11.6 Å². The van der Waals surface area contributed by atoms with E-state index < -0.39 is 0 Å². The summed E-state index contributed by atoms with van der Waals surface area (Å²) in [5, 5.41) is 6.43. The van der Waals surface area contributed by atoms with Crippen molar-refractivity contribution < 1.29 is 9.59 Å². The molecular weight excluding hydrogens is 374 g/mol. The highest BCUT2D eigenvalue weighted by Crippen LogP contribution is 2.34. The highest BCUT2D eigenvalue weighted by Gasteiger charge is 2.28. The molecule has 2 N–H and O–H groups in total. The van der Waals surface area contributed by atoms with Gasteiger partial charge < -0.3 is 10.6 Å². The quantitative estimate of drug-likeness (QED) is 0.589. The van der Waals surface area contributed by atoms with Crippen molar-refractivity contribution in [2.45, 2.75) is 13.8 Å². The molecule has 0 fully saturated rings. The second-order valence-electron chi connectivity index (χ2n) is 7.41. The second-order valence-corrected chi connectivity index (χ2v) is 7.41. The molecule has 146 valence electrons. The summed E-state index contributed by atoms with van der Waals surface area (Å²) in [7, 11) is 0. The predicted molar refractivity (Wildman–Crippen MR) is 118 cm³/mol. The van der Waals surface area contributed by atoms with Crippen LogP contribution in [-0.2, 0) is 0 Å². The van der Waals surface area contributed by atoms with Gasteiger partial charge in [0.25, 0.3) is 0 Å². The Labute approximate surface area is 174 Å². The van der Waals surface area contributed by atoms with Crippen LogP contribution in [0.4, 0.5) is 11.4 Å². The first-order valence-electron chi connectivity index (χ1n) is 9.75. The first-order valence-corrected chi connectivity index (χ1v) is 9.75. The fourth-order valence-electron chi connectivity index (χ4n) is 3.87. The van der Waals surface area contributed by atoms with Crippen LogP contribution in [0.1, 0.15) is 46.0 Å². The molecule has 0 saturated heterocycles. The summed E-state index contributed by atoms with van der Waals surface area (Å²) in [4.78, 5) is 30.3. The van der Waals surface area contributed by atoms with E-state index in [1.165, 1.54) is 0 Å². The Hall–Kier alpha value is -3.99. The smallest absolute Gasteiger partial charge is 0.211 e. The summed E-state index contributed by atoms with van der Waals surface area (Å²) in [5.41, 5.74) is 6.95. The Morgan fingerprint density at radius 1 is 0.633 bits per heavy atom. The first-order chi connectivity index (χ1) is 14.5. The van der Waals surface area contributed by atoms with E-state index in [9.17, 15) is 9.59 Å². The summed E-state index contributed by atoms with van der Waals surface area (Å²) < 4.78 is 0. The van der Waals surface area contributed by atoms with Crippen LogP contribution < -0.4 is 10.6 Å². The van der Waals surface area contributed by atoms with E-state index in [4.69, 9.17) is 4.98 Å². The monoisotopic (exact) mass is 393 g/mol. The number of hydrogen-bond donors (Lipinski definition) is 2. The van der Waals surface area contributed by atoms with Crippen molar-refractivity contribution in [1.29, 1.82) is 0 Å². The number of allylic oxidation sites excluding steroid dienone is 4. The van der Waals surface area contributed by atoms with Gasteiger partial charge in [-0.05, 0) is 50.2 Å². The van der Waals surface area contributed by atoms with Crippen molar-refractivity contribution >= 4 is 34.1 Å². The molecular formula is C25H19N3O2. The SMILES string of the molecule is C/C(=C1\Nc2ccccc2C1=O)c1cccc(/C(C)=C2/Nc3ccccc3C2=O)n1. The van der Waals surface area contributed by atoms with Crippen molar-refractivity contribution in [1.82, 2.24) is 4.98 Å². The van der Waals surface area contributed by atoms with Gasteiger partial charge in [0.1, 0.15) is 0 Å². The first kappa shape index (κ1) is 18.1. The third-order valence-electron chi connectivity index (χ3n) is 5.58. The molecule has 2 aromatic carbocycles. The van der Waals surface area contributed by atoms with Gasteiger partial charge in [0, 0.05) is 33.6 Å². The Bertz CT molecular complexity index is 1200. The topological polar surface area (TPSA) is 71.1 Å². The third kappa shape index (κ3) is 2.75. The fourth-order valence-corrected chi connectivity index (χ4v) is 3.87. The number of anilines is 2. The third-order valence-corrected chi connectivity index (χ3v) is 5.58. The van der Waals surface area contributed by atoms with E-state index in [2.05, 4.69) is 10.6 Å². The highest BCUT2D eigenvalue weighted by molar-refractivity contribution is 6.22. The fraction of sp³-hybridized carbons (Fsp3) is 0.0800. The number of hydrogen-bond acceptors (Lipinski definition) is 5. The number of nitrogens with one attached hydrogen (secondary N) is 2. The normalized spacial score (nSPS) is 17.8. The molecule has 5 heteroatoms. The lowest BCUT2D eigenvalue weighted by atomic mass is 10.0. The molecule has 0 amide bonds. The summed E-state index contributed by atoms with van der Waals surface area (Å²) in [6, 6.07) is 20.6. The van der Waals surface area contributed by atoms with Crippen molar-refractivity contribution in [3.8, 4) is 0 Å². The summed E-state index contributed by atoms with van der Waals surface area (Å²) >= 11 is 0. The molecule has 0 saturated carbocycles. The van der Waals surface area contributed by atoms with Crippen molar-refractivity contribution in [3.05, 3.63) is 101 Å². The van der Waals surface area contributed by atoms with E-state index in [1.54, 1.807) is 0 Å². The van der Waals surface area contributed by atoms with Gasteiger partial charge in [-0.15, -0.1) is 0 Å². The molecule has 30 heavy (non-hydrogen) atoms. The number of carbonyl (C=O) groups is 2. The van der Waals surface area contributed by atoms with Gasteiger partial charge in [0.05, 0.1) is 22.8 Å². The number of pyridine rings is 1. The minimum atomic E-state index is -0.0338. The zero-order valence-electron chi connectivity index (χ0n) is 16.6. The van der Waals surface area contributed by atoms with Gasteiger partial charge in [-0.25, -0.2) is 4.98 Å². The van der Waals surface area contributed by atoms with Crippen LogP contribution in [0.15, 0.2) is 78.1 Å². The van der Waals surface area contributed by atoms with E-state index in [0.717, 1.165) is 22.5 Å². The number of benzene rings is 2. The standard InChI is InChI=1S/C25H19N3O2/c1-14(22-24(29)16-8-3-5-10-20(16)27-22)18-12-7-13-19(26-18)15(2)23-25(30)17-9-4-6-11-21(17)28-23/h3-13,27-28H,1-2H3/b22-14+,23-15+. The number of para-hydroxylation sites is 2. The number of aromatic nitrogens is 1. The number of carbonyl (C=O) groups excluding carboxylic acids is 2. The summed E-state index contributed by atoms with van der Waals surface area (Å²) in [6.07, 6.45) is 0. The maximum atomic E-state index is 12.8. The summed E-state index contributed by atoms with van der Waals surface area (Å²) in [5.74, 6) is -0.0677. The lowest BCUT2D eigenvalue weighted by Gasteiger charge is -2.10. The molecule has 0 aliphatic carbocycles. The van der Waals surface area contributed by atoms with Crippen molar-refractivity contribution in [2.75, 3.05) is 10.6 Å². The van der Waals surface area contributed by atoms with E-state index >= 15 is 0 Å². The van der Waals surface area contributed by atoms with Crippen LogP contribution >= 0.6 is 0 Å². The van der Waals surface area contributed by atoms with Crippen LogP contribution in [0.25, 0.3) is 11.1 Å². The Balaban J connectivity index is 1.53. The van der Waals surface area contributed by atoms with Crippen LogP contribution in [0.2, 0.25) is 0 Å². The molecule has 2 aliphatic heterocycles. The van der Waals surface area contributed by atoms with Crippen molar-refractivity contribution in [2.24, 2.45) is 0 Å². The minimum Gasteiger partial charge on any atom is -0.351 e. The Morgan fingerprint density at radius 2 is 1.07 bits per heavy atom. The molecule has 5 rings (SSSR count). The number of ketones is 2. The Kier molecular flexibility index (Phi) is 4.10. The molecule has 1 aromatic heterocycles. The largest absolute Gasteiger partial charge is 0.351 e. The summed E-state index contributed by atoms with van der Waals surface area (Å²) in [6.45, 7) is 3.77. The zero-order chi connectivity index (χ0) is 20.8. The number of Topliss-reactive ketones (excluding diaryl/α,β-unsaturated/α-hetero) is 2. The van der Waals surface area contributed by atoms with Gasteiger partial charge in [-0.1, -0.05) is 30.3 Å². The molecule has 0 atom stereocenters. The lowest BCUT2D eigenvalue weighted by molar-refractivity contribution is 0.103. The van der Waals surface area contributed by atoms with E-state index in [0.29, 0.717) is 33.9 Å². The maximum Gasteiger partial charge on any atom is 0.211 e. The van der Waals surface area contributed by atoms with Crippen LogP contribution in [0, 0.1) is 0 Å². The van der Waals surface area contributed by atoms with Gasteiger partial charge >= 0.3 is 0 Å². The van der Waals surface area contributed by atoms with Crippen LogP contribution in [-0.4, -0.2) is 16.6 Å². The van der Waals surface area contributed by atoms with E-state index in [1.807, 2.05) is 80.6 Å². The zero-order valence-corrected chi connectivity index (χ0v) is 16.6. The molecule has 0 spiro atoms. The van der Waals surface area contributed by atoms with Crippen molar-refractivity contribution in [3.63, 3.8) is 0 Å². The minimum absolute atomic E-state index is 0.0338. The maximum absolute atomic E-state index is 12.8. The van der Waals surface area contributed by atoms with Crippen LogP contribution in [0.5, 0.6) is 0 Å². The Morgan fingerprint density at radius 3 is 1.50 bits per heavy atom. The molecule has 0 bridgehead atoms. The average molecular weight is 393 g/mol. The lowest BCUT2D eigenvalue weighted by Crippen LogP contribution is -2.07. The number of rotatable bonds is 2. The average Bonchev–Trinajstić information content (AvgIpc) is 3.30. The molecule has 3 heterocycles. The second kappa shape index (κ2) is 6.81. The molecule has 0 unspecified atom stereocenters. The van der Waals surface area contributed by atoms with Gasteiger partial charge in [0.15, 0.2) is 0 Å². The number of nitrogens with zero attached hydrogens (tertiary/aromatic N) is 1. The van der Waals surface area contributed by atoms with Gasteiger partial charge in [-0.3, -0.25) is 9.59 Å². The van der Waals surface area contributed by atoms with Gasteiger partial charge in [0.2, 0.25) is 11.6 Å². The number of fused-ring (bicyclic) bond motifs is 2. The molecule has 3 aromatic rings. The highest BCUT2D eigenvalue weighted by atomic mass is 16.1. The van der Waals surface area contributed by atoms with Crippen LogP contribution in [0.3, 0.4) is 0 Å². The van der Waals surface area contributed by atoms with Gasteiger partial charge in [-0.2, -0.15) is 0 Å². The molecule has 0 radical (unpaired) electrons.